The monoisotopic (exact) mass is 226 g/mol. The molecule has 0 amide bonds. The van der Waals surface area contributed by atoms with Crippen LogP contribution in [0.3, 0.4) is 0 Å². The molecule has 0 fully saturated rings. The van der Waals surface area contributed by atoms with Crippen LogP contribution >= 0.6 is 0 Å². The number of hydrogen-bond acceptors (Lipinski definition) is 3. The van der Waals surface area contributed by atoms with Gasteiger partial charge in [-0.25, -0.2) is 4.39 Å². The molecule has 3 nitrogen and oxygen atoms in total. The van der Waals surface area contributed by atoms with Crippen LogP contribution in [-0.4, -0.2) is 19.2 Å². The van der Waals surface area contributed by atoms with E-state index in [0.29, 0.717) is 12.4 Å². The number of rotatable bonds is 5. The third-order valence-electron chi connectivity index (χ3n) is 1.99. The third kappa shape index (κ3) is 3.88. The molecular weight excluding hydrogens is 211 g/mol. The second-order valence-electron chi connectivity index (χ2n) is 3.42. The van der Waals surface area contributed by atoms with Crippen molar-refractivity contribution in [2.75, 3.05) is 13.2 Å². The minimum Gasteiger partial charge on any atom is -0.493 e. The highest BCUT2D eigenvalue weighted by molar-refractivity contribution is 5.72. The van der Waals surface area contributed by atoms with Crippen LogP contribution in [-0.2, 0) is 9.53 Å². The Morgan fingerprint density at radius 2 is 2.25 bits per heavy atom. The number of benzene rings is 1. The van der Waals surface area contributed by atoms with Crippen LogP contribution in [0, 0.1) is 11.7 Å². The molecule has 0 heterocycles. The summed E-state index contributed by atoms with van der Waals surface area (Å²) in [6.07, 6.45) is 0. The van der Waals surface area contributed by atoms with E-state index in [0.717, 1.165) is 0 Å². The van der Waals surface area contributed by atoms with E-state index in [1.54, 1.807) is 26.0 Å². The number of carbonyl (C=O) groups excluding carboxylic acids is 1. The van der Waals surface area contributed by atoms with Crippen LogP contribution in [0.25, 0.3) is 0 Å². The van der Waals surface area contributed by atoms with Gasteiger partial charge >= 0.3 is 5.97 Å². The van der Waals surface area contributed by atoms with Crippen molar-refractivity contribution in [2.24, 2.45) is 5.92 Å². The zero-order valence-electron chi connectivity index (χ0n) is 9.40. The Morgan fingerprint density at radius 3 is 2.88 bits per heavy atom. The van der Waals surface area contributed by atoms with Crippen molar-refractivity contribution in [2.45, 2.75) is 13.8 Å². The first-order valence-electron chi connectivity index (χ1n) is 5.18. The Labute approximate surface area is 94.2 Å². The molecule has 0 radical (unpaired) electrons. The lowest BCUT2D eigenvalue weighted by atomic mass is 10.2. The smallest absolute Gasteiger partial charge is 0.312 e. The first kappa shape index (κ1) is 12.5. The zero-order chi connectivity index (χ0) is 12.0. The Bertz CT molecular complexity index is 352. The maximum Gasteiger partial charge on any atom is 0.312 e. The Hall–Kier alpha value is -1.58. The zero-order valence-corrected chi connectivity index (χ0v) is 9.40. The fourth-order valence-corrected chi connectivity index (χ4v) is 1.13. The van der Waals surface area contributed by atoms with Gasteiger partial charge in [-0.15, -0.1) is 0 Å². The molecule has 4 heteroatoms. The van der Waals surface area contributed by atoms with Crippen molar-refractivity contribution in [1.82, 2.24) is 0 Å². The van der Waals surface area contributed by atoms with Gasteiger partial charge in [0.2, 0.25) is 0 Å². The van der Waals surface area contributed by atoms with E-state index in [2.05, 4.69) is 0 Å². The molecule has 0 saturated heterocycles. The maximum atomic E-state index is 12.8. The molecule has 0 aliphatic carbocycles. The van der Waals surface area contributed by atoms with Crippen molar-refractivity contribution in [1.29, 1.82) is 0 Å². The normalized spacial score (nSPS) is 11.9. The van der Waals surface area contributed by atoms with Gasteiger partial charge in [-0.3, -0.25) is 4.79 Å². The highest BCUT2D eigenvalue weighted by Gasteiger charge is 2.14. The molecule has 16 heavy (non-hydrogen) atoms. The van der Waals surface area contributed by atoms with Crippen LogP contribution in [0.15, 0.2) is 24.3 Å². The molecule has 0 aliphatic rings. The van der Waals surface area contributed by atoms with Gasteiger partial charge < -0.3 is 9.47 Å². The average Bonchev–Trinajstić information content (AvgIpc) is 2.26. The summed E-state index contributed by atoms with van der Waals surface area (Å²) in [7, 11) is 0. The van der Waals surface area contributed by atoms with Gasteiger partial charge in [-0.05, 0) is 26.0 Å². The first-order valence-corrected chi connectivity index (χ1v) is 5.18. The summed E-state index contributed by atoms with van der Waals surface area (Å²) in [6.45, 7) is 3.99. The lowest BCUT2D eigenvalue weighted by molar-refractivity contribution is -0.148. The summed E-state index contributed by atoms with van der Waals surface area (Å²) in [5.74, 6) is -0.612. The van der Waals surface area contributed by atoms with Crippen LogP contribution < -0.4 is 4.74 Å². The number of carbonyl (C=O) groups is 1. The summed E-state index contributed by atoms with van der Waals surface area (Å²) in [5, 5.41) is 0. The van der Waals surface area contributed by atoms with Gasteiger partial charge in [0.25, 0.3) is 0 Å². The Morgan fingerprint density at radius 1 is 1.50 bits per heavy atom. The number of hydrogen-bond donors (Lipinski definition) is 0. The molecule has 88 valence electrons. The quantitative estimate of drug-likeness (QED) is 0.723. The largest absolute Gasteiger partial charge is 0.493 e. The van der Waals surface area contributed by atoms with E-state index in [1.165, 1.54) is 12.1 Å². The number of esters is 1. The van der Waals surface area contributed by atoms with E-state index in [1.807, 2.05) is 0 Å². The molecule has 0 saturated carbocycles. The van der Waals surface area contributed by atoms with Gasteiger partial charge in [0.05, 0.1) is 12.5 Å². The topological polar surface area (TPSA) is 35.5 Å². The van der Waals surface area contributed by atoms with Gasteiger partial charge in [0.15, 0.2) is 0 Å². The molecule has 0 aromatic heterocycles. The van der Waals surface area contributed by atoms with E-state index in [9.17, 15) is 9.18 Å². The lowest BCUT2D eigenvalue weighted by Gasteiger charge is -2.11. The predicted molar refractivity (Wildman–Crippen MR) is 57.7 cm³/mol. The highest BCUT2D eigenvalue weighted by atomic mass is 19.1. The lowest BCUT2D eigenvalue weighted by Crippen LogP contribution is -2.21. The third-order valence-corrected chi connectivity index (χ3v) is 1.99. The van der Waals surface area contributed by atoms with Crippen LogP contribution in [0.5, 0.6) is 5.75 Å². The summed E-state index contributed by atoms with van der Waals surface area (Å²) in [4.78, 5) is 11.3. The average molecular weight is 226 g/mol. The minimum atomic E-state index is -0.360. The molecule has 1 aromatic rings. The second-order valence-corrected chi connectivity index (χ2v) is 3.42. The van der Waals surface area contributed by atoms with Crippen molar-refractivity contribution in [3.05, 3.63) is 30.1 Å². The Balaban J connectivity index is 2.42. The van der Waals surface area contributed by atoms with Crippen LogP contribution in [0.1, 0.15) is 13.8 Å². The van der Waals surface area contributed by atoms with Crippen molar-refractivity contribution in [3.8, 4) is 5.75 Å². The summed E-state index contributed by atoms with van der Waals surface area (Å²) < 4.78 is 22.9. The van der Waals surface area contributed by atoms with E-state index in [4.69, 9.17) is 9.47 Å². The summed E-state index contributed by atoms with van der Waals surface area (Å²) in [5.41, 5.74) is 0. The molecule has 0 spiro atoms. The fraction of sp³-hybridized carbons (Fsp3) is 0.417. The molecule has 0 bridgehead atoms. The van der Waals surface area contributed by atoms with Crippen molar-refractivity contribution < 1.29 is 18.7 Å². The fourth-order valence-electron chi connectivity index (χ4n) is 1.13. The van der Waals surface area contributed by atoms with Crippen LogP contribution in [0.4, 0.5) is 4.39 Å². The predicted octanol–water partition coefficient (Wildman–Crippen LogP) is 2.40. The maximum absolute atomic E-state index is 12.8. The van der Waals surface area contributed by atoms with Crippen molar-refractivity contribution in [3.63, 3.8) is 0 Å². The molecule has 0 aliphatic heterocycles. The standard InChI is InChI=1S/C12H15FO3/c1-3-15-12(14)9(2)8-16-11-6-4-5-10(13)7-11/h4-7,9H,3,8H2,1-2H3. The molecular formula is C12H15FO3. The molecule has 1 aromatic carbocycles. The summed E-state index contributed by atoms with van der Waals surface area (Å²) >= 11 is 0. The van der Waals surface area contributed by atoms with Gasteiger partial charge in [0.1, 0.15) is 18.2 Å². The van der Waals surface area contributed by atoms with E-state index in [-0.39, 0.29) is 24.3 Å². The molecule has 1 rings (SSSR count). The number of ether oxygens (including phenoxy) is 2. The minimum absolute atomic E-state index is 0.183. The SMILES string of the molecule is CCOC(=O)C(C)COc1cccc(F)c1. The summed E-state index contributed by atoms with van der Waals surface area (Å²) in [6, 6.07) is 5.81. The van der Waals surface area contributed by atoms with E-state index >= 15 is 0 Å². The van der Waals surface area contributed by atoms with Gasteiger partial charge in [-0.1, -0.05) is 6.07 Å². The van der Waals surface area contributed by atoms with Gasteiger partial charge in [0, 0.05) is 6.07 Å². The molecule has 1 unspecified atom stereocenters. The first-order chi connectivity index (χ1) is 7.63. The van der Waals surface area contributed by atoms with E-state index < -0.39 is 0 Å². The van der Waals surface area contributed by atoms with Gasteiger partial charge in [-0.2, -0.15) is 0 Å². The highest BCUT2D eigenvalue weighted by Crippen LogP contribution is 2.13. The van der Waals surface area contributed by atoms with Crippen molar-refractivity contribution >= 4 is 5.97 Å². The Kier molecular flexibility index (Phi) is 4.76. The van der Waals surface area contributed by atoms with Crippen LogP contribution in [0.2, 0.25) is 0 Å². The number of halogens is 1. The second kappa shape index (κ2) is 6.10. The molecule has 0 N–H and O–H groups in total. The molecule has 1 atom stereocenters.